The van der Waals surface area contributed by atoms with Crippen molar-refractivity contribution in [3.8, 4) is 5.69 Å². The Morgan fingerprint density at radius 1 is 1.07 bits per heavy atom. The summed E-state index contributed by atoms with van der Waals surface area (Å²) in [5.41, 5.74) is 2.88. The Labute approximate surface area is 165 Å². The number of fused-ring (bicyclic) bond motifs is 1. The fourth-order valence-electron chi connectivity index (χ4n) is 2.96. The van der Waals surface area contributed by atoms with Crippen LogP contribution in [0.15, 0.2) is 70.9 Å². The average Bonchev–Trinajstić information content (AvgIpc) is 3.11. The van der Waals surface area contributed by atoms with Crippen molar-refractivity contribution >= 4 is 17.4 Å². The number of hydrogen-bond acceptors (Lipinski definition) is 4. The molecule has 0 saturated heterocycles. The van der Waals surface area contributed by atoms with Crippen molar-refractivity contribution in [2.75, 3.05) is 0 Å². The molecule has 28 heavy (non-hydrogen) atoms. The molecular formula is C21H19FN4OS. The van der Waals surface area contributed by atoms with Crippen molar-refractivity contribution in [1.29, 1.82) is 0 Å². The summed E-state index contributed by atoms with van der Waals surface area (Å²) >= 11 is 1.41. The zero-order chi connectivity index (χ0) is 19.7. The normalized spacial score (nSPS) is 11.4. The molecule has 0 atom stereocenters. The van der Waals surface area contributed by atoms with Gasteiger partial charge in [0.1, 0.15) is 5.82 Å². The van der Waals surface area contributed by atoms with Crippen molar-refractivity contribution < 1.29 is 4.39 Å². The molecule has 0 unspecified atom stereocenters. The van der Waals surface area contributed by atoms with E-state index >= 15 is 0 Å². The van der Waals surface area contributed by atoms with E-state index in [0.717, 1.165) is 11.3 Å². The van der Waals surface area contributed by atoms with Gasteiger partial charge in [0.25, 0.3) is 0 Å². The van der Waals surface area contributed by atoms with Crippen LogP contribution >= 0.6 is 11.8 Å². The predicted molar refractivity (Wildman–Crippen MR) is 109 cm³/mol. The van der Waals surface area contributed by atoms with Gasteiger partial charge in [-0.05, 0) is 41.3 Å². The highest BCUT2D eigenvalue weighted by Gasteiger charge is 2.12. The maximum absolute atomic E-state index is 13.3. The molecule has 5 nitrogen and oxygen atoms in total. The van der Waals surface area contributed by atoms with Crippen LogP contribution in [0.2, 0.25) is 0 Å². The van der Waals surface area contributed by atoms with Gasteiger partial charge in [-0.3, -0.25) is 13.8 Å². The predicted octanol–water partition coefficient (Wildman–Crippen LogP) is 4.44. The molecule has 4 aromatic rings. The van der Waals surface area contributed by atoms with Gasteiger partial charge in [-0.1, -0.05) is 49.9 Å². The lowest BCUT2D eigenvalue weighted by molar-refractivity contribution is 0.626. The van der Waals surface area contributed by atoms with E-state index in [4.69, 9.17) is 0 Å². The Kier molecular flexibility index (Phi) is 5.00. The summed E-state index contributed by atoms with van der Waals surface area (Å²) in [7, 11) is 0. The lowest BCUT2D eigenvalue weighted by Crippen LogP contribution is -2.20. The SMILES string of the molecule is CC(C)c1ccc(-n2ccn3c(SCc4cccc(F)c4)nnc3c2=O)cc1. The molecule has 0 aliphatic heterocycles. The number of benzene rings is 2. The van der Waals surface area contributed by atoms with Gasteiger partial charge < -0.3 is 0 Å². The second kappa shape index (κ2) is 7.59. The monoisotopic (exact) mass is 394 g/mol. The molecule has 0 amide bonds. The highest BCUT2D eigenvalue weighted by atomic mass is 32.2. The van der Waals surface area contributed by atoms with Crippen LogP contribution in [0.1, 0.15) is 30.9 Å². The lowest BCUT2D eigenvalue weighted by Gasteiger charge is -2.09. The molecule has 0 saturated carbocycles. The zero-order valence-electron chi connectivity index (χ0n) is 15.5. The van der Waals surface area contributed by atoms with E-state index in [2.05, 4.69) is 24.0 Å². The topological polar surface area (TPSA) is 52.2 Å². The second-order valence-corrected chi connectivity index (χ2v) is 7.76. The molecule has 2 aromatic heterocycles. The molecule has 2 heterocycles. The van der Waals surface area contributed by atoms with Crippen LogP contribution in [-0.4, -0.2) is 19.2 Å². The summed E-state index contributed by atoms with van der Waals surface area (Å²) in [6.07, 6.45) is 3.50. The minimum atomic E-state index is -0.268. The largest absolute Gasteiger partial charge is 0.300 e. The summed E-state index contributed by atoms with van der Waals surface area (Å²) in [6, 6.07) is 14.4. The van der Waals surface area contributed by atoms with Crippen molar-refractivity contribution in [3.63, 3.8) is 0 Å². The molecule has 0 fully saturated rings. The van der Waals surface area contributed by atoms with Crippen LogP contribution in [0, 0.1) is 5.82 Å². The fraction of sp³-hybridized carbons (Fsp3) is 0.190. The molecular weight excluding hydrogens is 375 g/mol. The molecule has 0 bridgehead atoms. The molecule has 0 N–H and O–H groups in total. The number of halogens is 1. The second-order valence-electron chi connectivity index (χ2n) is 6.81. The molecule has 0 spiro atoms. The van der Waals surface area contributed by atoms with Crippen LogP contribution in [0.4, 0.5) is 4.39 Å². The smallest absolute Gasteiger partial charge is 0.280 e. The molecule has 2 aromatic carbocycles. The number of aromatic nitrogens is 4. The van der Waals surface area contributed by atoms with Gasteiger partial charge in [0, 0.05) is 23.8 Å². The molecule has 0 radical (unpaired) electrons. The van der Waals surface area contributed by atoms with Crippen molar-refractivity contribution in [1.82, 2.24) is 19.2 Å². The summed E-state index contributed by atoms with van der Waals surface area (Å²) in [5, 5.41) is 8.80. The Morgan fingerprint density at radius 2 is 1.86 bits per heavy atom. The number of nitrogens with zero attached hydrogens (tertiary/aromatic N) is 4. The summed E-state index contributed by atoms with van der Waals surface area (Å²) < 4.78 is 16.6. The highest BCUT2D eigenvalue weighted by molar-refractivity contribution is 7.98. The van der Waals surface area contributed by atoms with Gasteiger partial charge in [0.2, 0.25) is 5.65 Å². The van der Waals surface area contributed by atoms with E-state index in [1.54, 1.807) is 27.4 Å². The van der Waals surface area contributed by atoms with E-state index in [-0.39, 0.29) is 17.0 Å². The third-order valence-corrected chi connectivity index (χ3v) is 5.55. The summed E-state index contributed by atoms with van der Waals surface area (Å²) in [6.45, 7) is 4.26. The quantitative estimate of drug-likeness (QED) is 0.470. The fourth-order valence-corrected chi connectivity index (χ4v) is 3.82. The van der Waals surface area contributed by atoms with Gasteiger partial charge in [-0.25, -0.2) is 4.39 Å². The Bertz CT molecular complexity index is 1180. The zero-order valence-corrected chi connectivity index (χ0v) is 16.4. The van der Waals surface area contributed by atoms with E-state index in [9.17, 15) is 9.18 Å². The number of hydrogen-bond donors (Lipinski definition) is 0. The van der Waals surface area contributed by atoms with Crippen molar-refractivity contribution in [2.24, 2.45) is 0 Å². The van der Waals surface area contributed by atoms with Crippen LogP contribution in [0.5, 0.6) is 0 Å². The van der Waals surface area contributed by atoms with Crippen LogP contribution in [0.25, 0.3) is 11.3 Å². The maximum atomic E-state index is 13.3. The minimum Gasteiger partial charge on any atom is -0.280 e. The first kappa shape index (κ1) is 18.4. The minimum absolute atomic E-state index is 0.232. The van der Waals surface area contributed by atoms with Gasteiger partial charge in [0.05, 0.1) is 0 Å². The Hall–Kier alpha value is -2.93. The average molecular weight is 394 g/mol. The molecule has 4 rings (SSSR count). The number of rotatable bonds is 5. The van der Waals surface area contributed by atoms with E-state index in [0.29, 0.717) is 16.8 Å². The third-order valence-electron chi connectivity index (χ3n) is 4.53. The van der Waals surface area contributed by atoms with E-state index in [1.807, 2.05) is 30.3 Å². The Balaban J connectivity index is 1.63. The first-order valence-corrected chi connectivity index (χ1v) is 9.95. The summed E-state index contributed by atoms with van der Waals surface area (Å²) in [4.78, 5) is 12.9. The van der Waals surface area contributed by atoms with Crippen LogP contribution in [-0.2, 0) is 5.75 Å². The van der Waals surface area contributed by atoms with Gasteiger partial charge >= 0.3 is 5.56 Å². The van der Waals surface area contributed by atoms with Crippen LogP contribution in [0.3, 0.4) is 0 Å². The maximum Gasteiger partial charge on any atom is 0.300 e. The molecule has 7 heteroatoms. The molecule has 142 valence electrons. The number of thioether (sulfide) groups is 1. The first-order valence-electron chi connectivity index (χ1n) is 8.97. The third kappa shape index (κ3) is 3.57. The van der Waals surface area contributed by atoms with E-state index < -0.39 is 0 Å². The van der Waals surface area contributed by atoms with Gasteiger partial charge in [0.15, 0.2) is 5.16 Å². The lowest BCUT2D eigenvalue weighted by atomic mass is 10.0. The first-order chi connectivity index (χ1) is 13.5. The van der Waals surface area contributed by atoms with Crippen molar-refractivity contribution in [3.05, 3.63) is 88.2 Å². The molecule has 0 aliphatic rings. The Morgan fingerprint density at radius 3 is 2.57 bits per heavy atom. The molecule has 0 aliphatic carbocycles. The van der Waals surface area contributed by atoms with E-state index in [1.165, 1.54) is 29.5 Å². The van der Waals surface area contributed by atoms with Gasteiger partial charge in [-0.2, -0.15) is 0 Å². The van der Waals surface area contributed by atoms with Crippen LogP contribution < -0.4 is 5.56 Å². The van der Waals surface area contributed by atoms with Crippen molar-refractivity contribution in [2.45, 2.75) is 30.7 Å². The van der Waals surface area contributed by atoms with Gasteiger partial charge in [-0.15, -0.1) is 10.2 Å². The standard InChI is InChI=1S/C21H19FN4OS/c1-14(2)16-6-8-18(9-7-16)25-10-11-26-19(20(25)27)23-24-21(26)28-13-15-4-3-5-17(22)12-15/h3-12,14H,13H2,1-2H3. The highest BCUT2D eigenvalue weighted by Crippen LogP contribution is 2.22. The summed E-state index contributed by atoms with van der Waals surface area (Å²) in [5.74, 6) is 0.705.